The van der Waals surface area contributed by atoms with E-state index >= 15 is 0 Å². The van der Waals surface area contributed by atoms with Gasteiger partial charge >= 0.3 is 0 Å². The summed E-state index contributed by atoms with van der Waals surface area (Å²) in [4.78, 5) is 14.7. The van der Waals surface area contributed by atoms with Gasteiger partial charge in [0.25, 0.3) is 0 Å². The molecule has 1 heterocycles. The van der Waals surface area contributed by atoms with Crippen LogP contribution in [0.25, 0.3) is 0 Å². The Balaban J connectivity index is 1.58. The highest BCUT2D eigenvalue weighted by atomic mass is 19.1. The molecule has 1 saturated heterocycles. The number of hydrogen-bond donors (Lipinski definition) is 1. The van der Waals surface area contributed by atoms with E-state index in [1.165, 1.54) is 6.07 Å². The zero-order valence-corrected chi connectivity index (χ0v) is 15.4. The molecular formula is C21H21F3N2O2. The van der Waals surface area contributed by atoms with Gasteiger partial charge in [-0.15, -0.1) is 0 Å². The number of nitrogens with one attached hydrogen (secondary N) is 1. The zero-order valence-electron chi connectivity index (χ0n) is 15.4. The summed E-state index contributed by atoms with van der Waals surface area (Å²) in [5.74, 6) is -1.99. The van der Waals surface area contributed by atoms with Crippen molar-refractivity contribution in [3.63, 3.8) is 0 Å². The van der Waals surface area contributed by atoms with E-state index in [2.05, 4.69) is 5.32 Å². The average Bonchev–Trinajstić information content (AvgIpc) is 2.99. The number of rotatable bonds is 5. The van der Waals surface area contributed by atoms with Gasteiger partial charge in [-0.2, -0.15) is 0 Å². The van der Waals surface area contributed by atoms with Crippen LogP contribution in [0.15, 0.2) is 42.5 Å². The van der Waals surface area contributed by atoms with Crippen molar-refractivity contribution >= 4 is 5.91 Å². The summed E-state index contributed by atoms with van der Waals surface area (Å²) >= 11 is 0. The van der Waals surface area contributed by atoms with Gasteiger partial charge in [0.05, 0.1) is 6.04 Å². The first-order valence-electron chi connectivity index (χ1n) is 9.22. The summed E-state index contributed by atoms with van der Waals surface area (Å²) in [6.07, 6.45) is -0.782. The smallest absolute Gasteiger partial charge is 0.242 e. The lowest BCUT2D eigenvalue weighted by atomic mass is 9.98. The quantitative estimate of drug-likeness (QED) is 0.853. The maximum atomic E-state index is 14.4. The molecule has 7 heteroatoms. The fraction of sp³-hybridized carbons (Fsp3) is 0.381. The Morgan fingerprint density at radius 3 is 2.64 bits per heavy atom. The molecule has 0 saturated carbocycles. The number of methoxy groups -OCH3 is 1. The molecule has 2 aliphatic rings. The van der Waals surface area contributed by atoms with Crippen LogP contribution in [-0.2, 0) is 16.0 Å². The minimum absolute atomic E-state index is 0.0352. The van der Waals surface area contributed by atoms with E-state index in [1.807, 2.05) is 24.3 Å². The van der Waals surface area contributed by atoms with Gasteiger partial charge in [-0.1, -0.05) is 30.3 Å². The molecule has 1 amide bonds. The van der Waals surface area contributed by atoms with Gasteiger partial charge < -0.3 is 10.1 Å². The molecule has 148 valence electrons. The number of ether oxygens (including phenoxy) is 1. The van der Waals surface area contributed by atoms with Crippen molar-refractivity contribution in [2.75, 3.05) is 20.2 Å². The number of fused-ring (bicyclic) bond motifs is 1. The van der Waals surface area contributed by atoms with E-state index in [9.17, 15) is 18.0 Å². The third-order valence-corrected chi connectivity index (χ3v) is 5.48. The first-order chi connectivity index (χ1) is 13.5. The largest absolute Gasteiger partial charge is 0.375 e. The molecule has 3 atom stereocenters. The lowest BCUT2D eigenvalue weighted by Crippen LogP contribution is -2.55. The van der Waals surface area contributed by atoms with Crippen molar-refractivity contribution in [1.82, 2.24) is 10.2 Å². The molecule has 2 aromatic carbocycles. The number of amides is 1. The summed E-state index contributed by atoms with van der Waals surface area (Å²) in [6, 6.07) is 9.53. The summed E-state index contributed by atoms with van der Waals surface area (Å²) < 4.78 is 46.7. The maximum absolute atomic E-state index is 14.4. The first kappa shape index (κ1) is 19.0. The lowest BCUT2D eigenvalue weighted by Gasteiger charge is -2.40. The normalized spacial score (nSPS) is 23.1. The Hall–Kier alpha value is -2.38. The third-order valence-electron chi connectivity index (χ3n) is 5.48. The average molecular weight is 390 g/mol. The number of nitrogens with zero attached hydrogens (tertiary/aromatic N) is 1. The number of alkyl halides is 1. The van der Waals surface area contributed by atoms with Crippen molar-refractivity contribution in [2.45, 2.75) is 30.8 Å². The number of carbonyl (C=O) groups is 1. The lowest BCUT2D eigenvalue weighted by molar-refractivity contribution is -0.131. The first-order valence-corrected chi connectivity index (χ1v) is 9.22. The van der Waals surface area contributed by atoms with Crippen molar-refractivity contribution in [2.24, 2.45) is 0 Å². The molecule has 2 aromatic rings. The summed E-state index contributed by atoms with van der Waals surface area (Å²) in [7, 11) is 1.58. The highest BCUT2D eigenvalue weighted by Gasteiger charge is 2.41. The van der Waals surface area contributed by atoms with Gasteiger partial charge in [0.15, 0.2) is 0 Å². The number of likely N-dealkylation sites (tertiary alicyclic amines) is 1. The Morgan fingerprint density at radius 1 is 1.21 bits per heavy atom. The van der Waals surface area contributed by atoms with Crippen LogP contribution in [0.3, 0.4) is 0 Å². The molecule has 0 spiro atoms. The summed E-state index contributed by atoms with van der Waals surface area (Å²) in [6.45, 7) is 0.0704. The topological polar surface area (TPSA) is 41.6 Å². The Morgan fingerprint density at radius 2 is 1.96 bits per heavy atom. The second kappa shape index (κ2) is 7.56. The molecule has 1 aliphatic carbocycles. The van der Waals surface area contributed by atoms with Crippen molar-refractivity contribution in [1.29, 1.82) is 0 Å². The predicted octanol–water partition coefficient (Wildman–Crippen LogP) is 3.09. The van der Waals surface area contributed by atoms with Gasteiger partial charge in [0.1, 0.15) is 30.0 Å². The SMILES string of the molecule is CO[C@@H]1c2ccccc2C[C@H]1NC(=O)C(c1ccc(F)cc1F)N1CC(F)C1. The molecule has 4 nitrogen and oxygen atoms in total. The molecule has 0 aromatic heterocycles. The molecule has 1 fully saturated rings. The standard InChI is InChI=1S/C21H21F3N2O2/c1-28-20-15-5-3-2-4-12(15)8-18(20)25-21(27)19(26-10-14(23)11-26)16-7-6-13(22)9-17(16)24/h2-7,9,14,18-20H,8,10-11H2,1H3,(H,25,27)/t18-,19?,20-/m1/s1. The highest BCUT2D eigenvalue weighted by Crippen LogP contribution is 2.35. The fourth-order valence-corrected chi connectivity index (χ4v) is 4.13. The van der Waals surface area contributed by atoms with E-state index in [4.69, 9.17) is 4.74 Å². The minimum Gasteiger partial charge on any atom is -0.375 e. The molecule has 1 N–H and O–H groups in total. The number of hydrogen-bond acceptors (Lipinski definition) is 3. The fourth-order valence-electron chi connectivity index (χ4n) is 4.13. The van der Waals surface area contributed by atoms with Crippen molar-refractivity contribution in [3.8, 4) is 0 Å². The molecule has 0 radical (unpaired) electrons. The van der Waals surface area contributed by atoms with Crippen molar-refractivity contribution in [3.05, 3.63) is 70.8 Å². The monoisotopic (exact) mass is 390 g/mol. The molecule has 1 unspecified atom stereocenters. The summed E-state index contributed by atoms with van der Waals surface area (Å²) in [5.41, 5.74) is 2.12. The van der Waals surface area contributed by atoms with Crippen LogP contribution in [0.1, 0.15) is 28.8 Å². The number of benzene rings is 2. The van der Waals surface area contributed by atoms with E-state index in [1.54, 1.807) is 12.0 Å². The molecular weight excluding hydrogens is 369 g/mol. The number of carbonyl (C=O) groups excluding carboxylic acids is 1. The van der Waals surface area contributed by atoms with Gasteiger partial charge in [-0.05, 0) is 23.6 Å². The zero-order chi connectivity index (χ0) is 19.8. The van der Waals surface area contributed by atoms with Crippen molar-refractivity contribution < 1.29 is 22.7 Å². The van der Waals surface area contributed by atoms with E-state index in [0.29, 0.717) is 6.42 Å². The Labute approximate surface area is 161 Å². The third kappa shape index (κ3) is 3.40. The predicted molar refractivity (Wildman–Crippen MR) is 97.4 cm³/mol. The second-order valence-electron chi connectivity index (χ2n) is 7.29. The van der Waals surface area contributed by atoms with Gasteiger partial charge in [-0.3, -0.25) is 9.69 Å². The minimum atomic E-state index is -1.05. The Kier molecular flexibility index (Phi) is 5.12. The van der Waals surface area contributed by atoms with Crippen LogP contribution < -0.4 is 5.32 Å². The molecule has 1 aliphatic heterocycles. The van der Waals surface area contributed by atoms with Crippen LogP contribution in [0.2, 0.25) is 0 Å². The highest BCUT2D eigenvalue weighted by molar-refractivity contribution is 5.84. The van der Waals surface area contributed by atoms with Crippen LogP contribution in [0, 0.1) is 11.6 Å². The van der Waals surface area contributed by atoms with Gasteiger partial charge in [-0.25, -0.2) is 13.2 Å². The number of halogens is 3. The summed E-state index contributed by atoms with van der Waals surface area (Å²) in [5, 5.41) is 2.94. The van der Waals surface area contributed by atoms with Crippen LogP contribution in [-0.4, -0.2) is 43.2 Å². The van der Waals surface area contributed by atoms with Crippen LogP contribution in [0.4, 0.5) is 13.2 Å². The van der Waals surface area contributed by atoms with Crippen LogP contribution >= 0.6 is 0 Å². The van der Waals surface area contributed by atoms with E-state index < -0.39 is 29.8 Å². The van der Waals surface area contributed by atoms with E-state index in [0.717, 1.165) is 23.3 Å². The van der Waals surface area contributed by atoms with Crippen LogP contribution in [0.5, 0.6) is 0 Å². The van der Waals surface area contributed by atoms with Gasteiger partial charge in [0.2, 0.25) is 5.91 Å². The van der Waals surface area contributed by atoms with E-state index in [-0.39, 0.29) is 30.8 Å². The second-order valence-corrected chi connectivity index (χ2v) is 7.29. The molecule has 4 rings (SSSR count). The van der Waals surface area contributed by atoms with Gasteiger partial charge in [0, 0.05) is 31.8 Å². The maximum Gasteiger partial charge on any atom is 0.242 e. The molecule has 28 heavy (non-hydrogen) atoms. The molecule has 0 bridgehead atoms. The Bertz CT molecular complexity index is 886.